The number of carbonyl (C=O) groups excluding carboxylic acids is 3. The van der Waals surface area contributed by atoms with Crippen LogP contribution >= 0.6 is 0 Å². The van der Waals surface area contributed by atoms with Gasteiger partial charge in [-0.05, 0) is 31.1 Å². The Morgan fingerprint density at radius 1 is 1.08 bits per heavy atom. The number of carboxylic acids is 2. The summed E-state index contributed by atoms with van der Waals surface area (Å²) in [5.74, 6) is -4.94. The Hall–Kier alpha value is -4.48. The molecule has 1 aliphatic heterocycles. The van der Waals surface area contributed by atoms with Gasteiger partial charge in [-0.15, -0.1) is 0 Å². The number of amides is 3. The molecule has 1 fully saturated rings. The average Bonchev–Trinajstić information content (AvgIpc) is 2.86. The molecule has 0 bridgehead atoms. The van der Waals surface area contributed by atoms with Crippen molar-refractivity contribution in [3.8, 4) is 0 Å². The molecule has 12 nitrogen and oxygen atoms in total. The van der Waals surface area contributed by atoms with E-state index in [1.165, 1.54) is 15.9 Å². The number of fused-ring (bicyclic) bond motifs is 1. The van der Waals surface area contributed by atoms with Crippen LogP contribution in [0.15, 0.2) is 30.3 Å². The normalized spacial score (nSPS) is 14.5. The predicted octanol–water partition coefficient (Wildman–Crippen LogP) is 1.68. The highest BCUT2D eigenvalue weighted by atomic mass is 16.6. The van der Waals surface area contributed by atoms with E-state index in [1.54, 1.807) is 31.2 Å². The zero-order valence-corrected chi connectivity index (χ0v) is 20.3. The fraction of sp³-hybridized carbons (Fsp3) is 0.360. The third-order valence-corrected chi connectivity index (χ3v) is 5.99. The fourth-order valence-electron chi connectivity index (χ4n) is 4.29. The van der Waals surface area contributed by atoms with E-state index in [1.807, 2.05) is 0 Å². The van der Waals surface area contributed by atoms with Crippen LogP contribution < -0.4 is 5.73 Å². The summed E-state index contributed by atoms with van der Waals surface area (Å²) >= 11 is 0. The summed E-state index contributed by atoms with van der Waals surface area (Å²) in [4.78, 5) is 68.5. The van der Waals surface area contributed by atoms with Gasteiger partial charge in [-0.1, -0.05) is 18.2 Å². The predicted molar refractivity (Wildman–Crippen MR) is 132 cm³/mol. The van der Waals surface area contributed by atoms with Crippen LogP contribution in [-0.4, -0.2) is 87.6 Å². The fourth-order valence-corrected chi connectivity index (χ4v) is 4.29. The summed E-state index contributed by atoms with van der Waals surface area (Å²) in [6.07, 6.45) is 1.03. The molecule has 0 saturated carbocycles. The molecule has 3 rings (SSSR count). The molecular weight excluding hydrogens is 484 g/mol. The third kappa shape index (κ3) is 6.40. The molecule has 0 spiro atoms. The number of primary amides is 1. The summed E-state index contributed by atoms with van der Waals surface area (Å²) < 4.78 is 5.00. The first kappa shape index (κ1) is 27.1. The second kappa shape index (κ2) is 12.0. The van der Waals surface area contributed by atoms with Crippen molar-refractivity contribution in [3.05, 3.63) is 47.2 Å². The van der Waals surface area contributed by atoms with Crippen molar-refractivity contribution < 1.29 is 38.9 Å². The van der Waals surface area contributed by atoms with Crippen LogP contribution in [0.1, 0.15) is 47.3 Å². The third-order valence-electron chi connectivity index (χ3n) is 5.99. The highest BCUT2D eigenvalue weighted by Crippen LogP contribution is 2.32. The molecule has 1 aromatic carbocycles. The first-order chi connectivity index (χ1) is 17.6. The van der Waals surface area contributed by atoms with E-state index in [0.717, 1.165) is 6.08 Å². The van der Waals surface area contributed by atoms with Crippen LogP contribution in [0.2, 0.25) is 0 Å². The number of rotatable bonds is 9. The van der Waals surface area contributed by atoms with Crippen LogP contribution in [0.5, 0.6) is 0 Å². The summed E-state index contributed by atoms with van der Waals surface area (Å²) in [5.41, 5.74) is 6.10. The second-order valence-electron chi connectivity index (χ2n) is 8.33. The molecule has 0 aliphatic carbocycles. The Bertz CT molecular complexity index is 1250. The molecule has 2 heterocycles. The maximum atomic E-state index is 13.7. The summed E-state index contributed by atoms with van der Waals surface area (Å²) in [7, 11) is 0. The lowest BCUT2D eigenvalue weighted by Gasteiger charge is -2.36. The van der Waals surface area contributed by atoms with Gasteiger partial charge < -0.3 is 30.5 Å². The highest BCUT2D eigenvalue weighted by molar-refractivity contribution is 6.06. The van der Waals surface area contributed by atoms with E-state index in [4.69, 9.17) is 10.5 Å². The SMILES string of the molecule is CCOC(=O)N1CCN(C(=O)C(CCC(=O)O)c2nc3ccccc3c(C=CC(=O)O)c2C(N)=O)CC1. The minimum atomic E-state index is -1.25. The molecule has 3 amide bonds. The van der Waals surface area contributed by atoms with Gasteiger partial charge in [0.05, 0.1) is 29.3 Å². The number of pyridine rings is 1. The number of carboxylic acid groups (broad SMARTS) is 2. The van der Waals surface area contributed by atoms with Gasteiger partial charge in [-0.25, -0.2) is 9.59 Å². The number of aromatic nitrogens is 1. The van der Waals surface area contributed by atoms with Gasteiger partial charge in [0.1, 0.15) is 0 Å². The zero-order chi connectivity index (χ0) is 27.1. The lowest BCUT2D eigenvalue weighted by Crippen LogP contribution is -2.52. The van der Waals surface area contributed by atoms with E-state index in [2.05, 4.69) is 4.98 Å². The molecule has 196 valence electrons. The minimum Gasteiger partial charge on any atom is -0.481 e. The van der Waals surface area contributed by atoms with E-state index in [9.17, 15) is 34.2 Å². The van der Waals surface area contributed by atoms with Crippen molar-refractivity contribution in [1.82, 2.24) is 14.8 Å². The molecule has 37 heavy (non-hydrogen) atoms. The maximum absolute atomic E-state index is 13.7. The summed E-state index contributed by atoms with van der Waals surface area (Å²) in [6.45, 7) is 2.70. The number of para-hydroxylation sites is 1. The number of aliphatic carboxylic acids is 2. The molecule has 2 aromatic rings. The number of piperazine rings is 1. The van der Waals surface area contributed by atoms with Gasteiger partial charge in [0, 0.05) is 44.1 Å². The molecule has 0 radical (unpaired) electrons. The Kier molecular flexibility index (Phi) is 8.77. The monoisotopic (exact) mass is 512 g/mol. The smallest absolute Gasteiger partial charge is 0.409 e. The van der Waals surface area contributed by atoms with Crippen molar-refractivity contribution in [2.75, 3.05) is 32.8 Å². The Morgan fingerprint density at radius 2 is 1.73 bits per heavy atom. The van der Waals surface area contributed by atoms with Crippen molar-refractivity contribution in [2.24, 2.45) is 5.73 Å². The average molecular weight is 513 g/mol. The maximum Gasteiger partial charge on any atom is 0.409 e. The Balaban J connectivity index is 2.08. The van der Waals surface area contributed by atoms with Gasteiger partial charge >= 0.3 is 18.0 Å². The topological polar surface area (TPSA) is 180 Å². The van der Waals surface area contributed by atoms with Crippen LogP contribution in [0, 0.1) is 0 Å². The molecule has 1 saturated heterocycles. The van der Waals surface area contributed by atoms with E-state index >= 15 is 0 Å². The molecule has 1 aromatic heterocycles. The van der Waals surface area contributed by atoms with E-state index in [-0.39, 0.29) is 62.4 Å². The van der Waals surface area contributed by atoms with Crippen molar-refractivity contribution in [1.29, 1.82) is 0 Å². The van der Waals surface area contributed by atoms with Crippen molar-refractivity contribution in [2.45, 2.75) is 25.7 Å². The van der Waals surface area contributed by atoms with Crippen molar-refractivity contribution >= 4 is 46.8 Å². The number of nitrogens with zero attached hydrogens (tertiary/aromatic N) is 3. The number of hydrogen-bond acceptors (Lipinski definition) is 7. The van der Waals surface area contributed by atoms with Gasteiger partial charge in [0.25, 0.3) is 5.91 Å². The van der Waals surface area contributed by atoms with Crippen LogP contribution in [0.3, 0.4) is 0 Å². The van der Waals surface area contributed by atoms with Gasteiger partial charge in [0.2, 0.25) is 5.91 Å². The molecule has 12 heteroatoms. The first-order valence-corrected chi connectivity index (χ1v) is 11.7. The molecule has 1 unspecified atom stereocenters. The molecule has 4 N–H and O–H groups in total. The number of benzene rings is 1. The van der Waals surface area contributed by atoms with E-state index in [0.29, 0.717) is 10.9 Å². The standard InChI is InChI=1S/C25H28N4O8/c1-2-37-25(36)29-13-11-28(12-14-29)24(35)17(8-10-20(32)33)22-21(23(26)34)16(7-9-19(30)31)15-5-3-4-6-18(15)27-22/h3-7,9,17H,2,8,10-14H2,1H3,(H2,26,34)(H,30,31)(H,32,33). The van der Waals surface area contributed by atoms with Crippen LogP contribution in [0.25, 0.3) is 17.0 Å². The Morgan fingerprint density at radius 3 is 2.32 bits per heavy atom. The second-order valence-corrected chi connectivity index (χ2v) is 8.33. The lowest BCUT2D eigenvalue weighted by atomic mass is 9.89. The number of ether oxygens (including phenoxy) is 1. The summed E-state index contributed by atoms with van der Waals surface area (Å²) in [5, 5.41) is 18.9. The number of nitrogens with two attached hydrogens (primary N) is 1. The van der Waals surface area contributed by atoms with E-state index < -0.39 is 35.8 Å². The number of hydrogen-bond donors (Lipinski definition) is 3. The van der Waals surface area contributed by atoms with Crippen molar-refractivity contribution in [3.63, 3.8) is 0 Å². The molecule has 1 aliphatic rings. The quantitative estimate of drug-likeness (QED) is 0.421. The van der Waals surface area contributed by atoms with Gasteiger partial charge in [0.15, 0.2) is 0 Å². The minimum absolute atomic E-state index is 0.0182. The zero-order valence-electron chi connectivity index (χ0n) is 20.3. The van der Waals surface area contributed by atoms with Crippen LogP contribution in [0.4, 0.5) is 4.79 Å². The Labute approximate surface area is 212 Å². The molecule has 1 atom stereocenters. The molecular formula is C25H28N4O8. The summed E-state index contributed by atoms with van der Waals surface area (Å²) in [6, 6.07) is 6.65. The highest BCUT2D eigenvalue weighted by Gasteiger charge is 2.34. The van der Waals surface area contributed by atoms with Gasteiger partial charge in [-0.2, -0.15) is 0 Å². The van der Waals surface area contributed by atoms with Crippen LogP contribution in [-0.2, 0) is 19.1 Å². The van der Waals surface area contributed by atoms with Gasteiger partial charge in [-0.3, -0.25) is 19.4 Å². The number of carbonyl (C=O) groups is 5. The largest absolute Gasteiger partial charge is 0.481 e. The first-order valence-electron chi connectivity index (χ1n) is 11.7. The lowest BCUT2D eigenvalue weighted by molar-refractivity contribution is -0.138.